The summed E-state index contributed by atoms with van der Waals surface area (Å²) in [5, 5.41) is 0. The van der Waals surface area contributed by atoms with E-state index >= 15 is 0 Å². The molecule has 1 unspecified atom stereocenters. The van der Waals surface area contributed by atoms with E-state index in [1.54, 1.807) is 6.20 Å². The summed E-state index contributed by atoms with van der Waals surface area (Å²) in [4.78, 5) is 4.35. The molecule has 3 nitrogen and oxygen atoms in total. The lowest BCUT2D eigenvalue weighted by molar-refractivity contribution is 0.109. The number of allylic oxidation sites excluding steroid dienone is 2. The van der Waals surface area contributed by atoms with Crippen LogP contribution in [-0.2, 0) is 5.60 Å². The van der Waals surface area contributed by atoms with Crippen molar-refractivity contribution >= 4 is 5.69 Å². The lowest BCUT2D eigenvalue weighted by Gasteiger charge is -2.37. The number of ether oxygens (including phenoxy) is 1. The predicted molar refractivity (Wildman–Crippen MR) is 96.6 cm³/mol. The second-order valence-corrected chi connectivity index (χ2v) is 6.63. The molecular weight excluding hydrogens is 296 g/mol. The van der Waals surface area contributed by atoms with Crippen LogP contribution >= 0.6 is 0 Å². The Bertz CT molecular complexity index is 777. The molecule has 1 atom stereocenters. The number of nitrogens with zero attached hydrogens (tertiary/aromatic N) is 1. The zero-order valence-electron chi connectivity index (χ0n) is 13.7. The number of hydrogen-bond acceptors (Lipinski definition) is 3. The summed E-state index contributed by atoms with van der Waals surface area (Å²) in [5.74, 6) is 0.609. The molecule has 0 amide bonds. The second-order valence-electron chi connectivity index (χ2n) is 6.63. The molecule has 0 saturated carbocycles. The zero-order chi connectivity index (χ0) is 16.4. The van der Waals surface area contributed by atoms with Crippen molar-refractivity contribution in [1.29, 1.82) is 0 Å². The zero-order valence-corrected chi connectivity index (χ0v) is 13.7. The molecule has 1 aromatic heterocycles. The molecule has 0 spiro atoms. The number of benzene rings is 1. The van der Waals surface area contributed by atoms with E-state index in [1.807, 2.05) is 18.2 Å². The fraction of sp³-hybridized carbons (Fsp3) is 0.286. The Balaban J connectivity index is 1.73. The van der Waals surface area contributed by atoms with Crippen LogP contribution in [0.1, 0.15) is 37.7 Å². The van der Waals surface area contributed by atoms with Crippen molar-refractivity contribution in [2.24, 2.45) is 0 Å². The topological polar surface area (TPSA) is 48.1 Å². The minimum Gasteiger partial charge on any atom is -0.461 e. The molecule has 0 bridgehead atoms. The van der Waals surface area contributed by atoms with Gasteiger partial charge in [-0.1, -0.05) is 42.0 Å². The van der Waals surface area contributed by atoms with E-state index in [0.29, 0.717) is 11.6 Å². The SMILES string of the molecule is Nc1ccc(OC2(c3ccccc3)C=CC3=C(CCCC3)C2)nc1. The van der Waals surface area contributed by atoms with Crippen molar-refractivity contribution in [3.05, 3.63) is 77.5 Å². The third kappa shape index (κ3) is 2.82. The Morgan fingerprint density at radius 1 is 1.00 bits per heavy atom. The molecule has 0 fully saturated rings. The Hall–Kier alpha value is -2.55. The first-order valence-electron chi connectivity index (χ1n) is 8.61. The van der Waals surface area contributed by atoms with E-state index in [1.165, 1.54) is 36.8 Å². The van der Waals surface area contributed by atoms with Gasteiger partial charge in [-0.15, -0.1) is 0 Å². The number of hydrogen-bond donors (Lipinski definition) is 1. The van der Waals surface area contributed by atoms with Gasteiger partial charge >= 0.3 is 0 Å². The largest absolute Gasteiger partial charge is 0.461 e. The lowest BCUT2D eigenvalue weighted by Crippen LogP contribution is -2.34. The summed E-state index contributed by atoms with van der Waals surface area (Å²) in [6.07, 6.45) is 12.0. The molecule has 1 heterocycles. The maximum Gasteiger partial charge on any atom is 0.214 e. The van der Waals surface area contributed by atoms with E-state index in [9.17, 15) is 0 Å². The smallest absolute Gasteiger partial charge is 0.214 e. The highest BCUT2D eigenvalue weighted by Crippen LogP contribution is 2.43. The van der Waals surface area contributed by atoms with Gasteiger partial charge in [-0.05, 0) is 49.0 Å². The molecule has 24 heavy (non-hydrogen) atoms. The Morgan fingerprint density at radius 2 is 1.83 bits per heavy atom. The van der Waals surface area contributed by atoms with E-state index in [2.05, 4.69) is 41.4 Å². The summed E-state index contributed by atoms with van der Waals surface area (Å²) >= 11 is 0. The quantitative estimate of drug-likeness (QED) is 0.887. The minimum atomic E-state index is -0.486. The van der Waals surface area contributed by atoms with Crippen LogP contribution in [0.2, 0.25) is 0 Å². The highest BCUT2D eigenvalue weighted by molar-refractivity contribution is 5.43. The Kier molecular flexibility index (Phi) is 3.85. The molecule has 122 valence electrons. The maximum absolute atomic E-state index is 6.45. The number of rotatable bonds is 3. The number of pyridine rings is 1. The van der Waals surface area contributed by atoms with Crippen LogP contribution in [0.15, 0.2) is 72.0 Å². The molecule has 2 aliphatic rings. The monoisotopic (exact) mass is 318 g/mol. The van der Waals surface area contributed by atoms with Crippen LogP contribution in [0.4, 0.5) is 5.69 Å². The van der Waals surface area contributed by atoms with Gasteiger partial charge in [0, 0.05) is 12.5 Å². The summed E-state index contributed by atoms with van der Waals surface area (Å²) < 4.78 is 6.45. The van der Waals surface area contributed by atoms with Gasteiger partial charge in [0.05, 0.1) is 11.9 Å². The normalized spacial score (nSPS) is 23.0. The minimum absolute atomic E-state index is 0.486. The second kappa shape index (κ2) is 6.16. The number of aromatic nitrogens is 1. The van der Waals surface area contributed by atoms with Gasteiger partial charge in [-0.25, -0.2) is 4.98 Å². The molecule has 1 aromatic carbocycles. The van der Waals surface area contributed by atoms with Gasteiger partial charge in [-0.2, -0.15) is 0 Å². The summed E-state index contributed by atoms with van der Waals surface area (Å²) in [7, 11) is 0. The van der Waals surface area contributed by atoms with Crippen molar-refractivity contribution < 1.29 is 4.74 Å². The van der Waals surface area contributed by atoms with E-state index in [-0.39, 0.29) is 0 Å². The first kappa shape index (κ1) is 15.0. The van der Waals surface area contributed by atoms with Crippen LogP contribution in [-0.4, -0.2) is 4.98 Å². The molecule has 0 saturated heterocycles. The van der Waals surface area contributed by atoms with Crippen LogP contribution in [0.25, 0.3) is 0 Å². The van der Waals surface area contributed by atoms with Crippen molar-refractivity contribution in [3.8, 4) is 5.88 Å². The lowest BCUT2D eigenvalue weighted by atomic mass is 9.76. The highest BCUT2D eigenvalue weighted by atomic mass is 16.5. The molecule has 0 aliphatic heterocycles. The van der Waals surface area contributed by atoms with E-state index in [0.717, 1.165) is 12.0 Å². The molecule has 0 radical (unpaired) electrons. The third-order valence-corrected chi connectivity index (χ3v) is 4.97. The molecular formula is C21H22N2O. The fourth-order valence-corrected chi connectivity index (χ4v) is 3.69. The summed E-state index contributed by atoms with van der Waals surface area (Å²) in [5.41, 5.74) is 10.1. The van der Waals surface area contributed by atoms with Crippen LogP contribution in [0.3, 0.4) is 0 Å². The first-order chi connectivity index (χ1) is 11.8. The van der Waals surface area contributed by atoms with Gasteiger partial charge < -0.3 is 10.5 Å². The van der Waals surface area contributed by atoms with Crippen molar-refractivity contribution in [2.45, 2.75) is 37.7 Å². The van der Waals surface area contributed by atoms with Crippen molar-refractivity contribution in [1.82, 2.24) is 4.98 Å². The standard InChI is InChI=1S/C21H22N2O/c22-19-10-11-20(23-15-19)24-21(18-8-2-1-3-9-18)13-12-16-6-4-5-7-17(16)14-21/h1-3,8-13,15H,4-7,14,22H2. The molecule has 2 N–H and O–H groups in total. The maximum atomic E-state index is 6.45. The van der Waals surface area contributed by atoms with Crippen molar-refractivity contribution in [2.75, 3.05) is 5.73 Å². The summed E-state index contributed by atoms with van der Waals surface area (Å²) in [6, 6.07) is 14.1. The van der Waals surface area contributed by atoms with Gasteiger partial charge in [-0.3, -0.25) is 0 Å². The molecule has 3 heteroatoms. The van der Waals surface area contributed by atoms with Gasteiger partial charge in [0.1, 0.15) is 0 Å². The molecule has 4 rings (SSSR count). The molecule has 2 aliphatic carbocycles. The van der Waals surface area contributed by atoms with Gasteiger partial charge in [0.15, 0.2) is 5.60 Å². The van der Waals surface area contributed by atoms with Crippen LogP contribution in [0, 0.1) is 0 Å². The third-order valence-electron chi connectivity index (χ3n) is 4.97. The fourth-order valence-electron chi connectivity index (χ4n) is 3.69. The van der Waals surface area contributed by atoms with E-state index in [4.69, 9.17) is 10.5 Å². The molecule has 2 aromatic rings. The van der Waals surface area contributed by atoms with Crippen LogP contribution in [0.5, 0.6) is 5.88 Å². The average molecular weight is 318 g/mol. The average Bonchev–Trinajstić information content (AvgIpc) is 2.64. The summed E-state index contributed by atoms with van der Waals surface area (Å²) in [6.45, 7) is 0. The van der Waals surface area contributed by atoms with Crippen molar-refractivity contribution in [3.63, 3.8) is 0 Å². The van der Waals surface area contributed by atoms with Gasteiger partial charge in [0.2, 0.25) is 5.88 Å². The first-order valence-corrected chi connectivity index (χ1v) is 8.61. The number of nitrogen functional groups attached to an aromatic ring is 1. The highest BCUT2D eigenvalue weighted by Gasteiger charge is 2.36. The Labute approximate surface area is 142 Å². The Morgan fingerprint density at radius 3 is 2.62 bits per heavy atom. The van der Waals surface area contributed by atoms with Crippen LogP contribution < -0.4 is 10.5 Å². The van der Waals surface area contributed by atoms with Gasteiger partial charge in [0.25, 0.3) is 0 Å². The van der Waals surface area contributed by atoms with E-state index < -0.39 is 5.60 Å². The number of anilines is 1. The number of nitrogens with two attached hydrogens (primary N) is 1. The predicted octanol–water partition coefficient (Wildman–Crippen LogP) is 4.77.